The molecule has 1 aliphatic heterocycles. The first-order valence-electron chi connectivity index (χ1n) is 9.54. The standard InChI is InChI=1S/C21H20F2N4O3.ClH/c1-27-20(30)26-19(29)21(27)8-13-2-3-17(6-14(13)9-21)25-18(28)11-24-10-12-4-15(22)7-16(23)5-12;/h2-7,24H,8-11H2,1H3,(H,25,28)(H,26,29,30);1H/t21-;/m0./s1. The SMILES string of the molecule is CN1C(=O)NC(=O)[C@@]12Cc1ccc(NC(=O)C[NH2+]Cc3cc(F)cc(F)c3)cc1C2.[Cl-]. The monoisotopic (exact) mass is 450 g/mol. The second-order valence-electron chi connectivity index (χ2n) is 7.71. The quantitative estimate of drug-likeness (QED) is 0.447. The number of quaternary nitrogens is 1. The number of nitrogens with zero attached hydrogens (tertiary/aromatic N) is 1. The molecular formula is C21H21ClF2N4O3. The first-order valence-corrected chi connectivity index (χ1v) is 9.54. The molecule has 2 aliphatic rings. The molecule has 0 radical (unpaired) electrons. The summed E-state index contributed by atoms with van der Waals surface area (Å²) in [5.41, 5.74) is 2.01. The van der Waals surface area contributed by atoms with Gasteiger partial charge in [0.15, 0.2) is 6.54 Å². The van der Waals surface area contributed by atoms with Gasteiger partial charge in [0.25, 0.3) is 11.8 Å². The molecule has 1 heterocycles. The highest BCUT2D eigenvalue weighted by atomic mass is 35.5. The van der Waals surface area contributed by atoms with Crippen molar-refractivity contribution < 1.29 is 40.9 Å². The third-order valence-electron chi connectivity index (χ3n) is 5.68. The zero-order valence-electron chi connectivity index (χ0n) is 16.7. The fourth-order valence-electron chi connectivity index (χ4n) is 4.09. The summed E-state index contributed by atoms with van der Waals surface area (Å²) >= 11 is 0. The van der Waals surface area contributed by atoms with Gasteiger partial charge in [-0.1, -0.05) is 6.07 Å². The number of amides is 4. The summed E-state index contributed by atoms with van der Waals surface area (Å²) in [4.78, 5) is 37.8. The number of likely N-dealkylation sites (N-methyl/N-ethyl adjacent to an activating group) is 1. The summed E-state index contributed by atoms with van der Waals surface area (Å²) in [5.74, 6) is -1.87. The van der Waals surface area contributed by atoms with E-state index >= 15 is 0 Å². The lowest BCUT2D eigenvalue weighted by Gasteiger charge is -2.27. The summed E-state index contributed by atoms with van der Waals surface area (Å²) in [5, 5.41) is 6.79. The number of hydrogen-bond donors (Lipinski definition) is 3. The van der Waals surface area contributed by atoms with E-state index in [9.17, 15) is 23.2 Å². The molecule has 31 heavy (non-hydrogen) atoms. The smallest absolute Gasteiger partial charge is 0.324 e. The molecule has 1 spiro atoms. The van der Waals surface area contributed by atoms with Gasteiger partial charge in [-0.15, -0.1) is 0 Å². The molecule has 4 amide bonds. The second-order valence-corrected chi connectivity index (χ2v) is 7.71. The number of halogens is 3. The first-order chi connectivity index (χ1) is 14.3. The second kappa shape index (κ2) is 8.60. The van der Waals surface area contributed by atoms with Gasteiger partial charge in [-0.3, -0.25) is 14.9 Å². The number of carbonyl (C=O) groups excluding carboxylic acids is 3. The molecule has 7 nitrogen and oxygen atoms in total. The Morgan fingerprint density at radius 1 is 1.13 bits per heavy atom. The normalized spacial score (nSPS) is 19.3. The van der Waals surface area contributed by atoms with E-state index in [1.165, 1.54) is 17.0 Å². The van der Waals surface area contributed by atoms with Crippen LogP contribution in [0.25, 0.3) is 0 Å². The van der Waals surface area contributed by atoms with Gasteiger partial charge < -0.3 is 27.9 Å². The minimum atomic E-state index is -0.907. The number of rotatable bonds is 5. The molecule has 0 saturated carbocycles. The van der Waals surface area contributed by atoms with Crippen molar-refractivity contribution in [2.24, 2.45) is 0 Å². The van der Waals surface area contributed by atoms with E-state index in [4.69, 9.17) is 0 Å². The largest absolute Gasteiger partial charge is 1.00 e. The number of nitrogens with one attached hydrogen (secondary N) is 2. The van der Waals surface area contributed by atoms with Gasteiger partial charge in [0.1, 0.15) is 23.7 Å². The predicted octanol–water partition coefficient (Wildman–Crippen LogP) is -2.31. The zero-order chi connectivity index (χ0) is 21.5. The summed E-state index contributed by atoms with van der Waals surface area (Å²) < 4.78 is 26.4. The van der Waals surface area contributed by atoms with E-state index in [-0.39, 0.29) is 37.3 Å². The lowest BCUT2D eigenvalue weighted by atomic mass is 9.95. The Morgan fingerprint density at radius 2 is 1.81 bits per heavy atom. The summed E-state index contributed by atoms with van der Waals surface area (Å²) in [6, 6.07) is 8.28. The average molecular weight is 451 g/mol. The van der Waals surface area contributed by atoms with Crippen LogP contribution in [0.2, 0.25) is 0 Å². The van der Waals surface area contributed by atoms with Gasteiger partial charge in [-0.05, 0) is 35.4 Å². The molecule has 4 N–H and O–H groups in total. The maximum Gasteiger partial charge on any atom is 0.324 e. The van der Waals surface area contributed by atoms with Crippen molar-refractivity contribution in [3.8, 4) is 0 Å². The number of imide groups is 1. The van der Waals surface area contributed by atoms with Crippen molar-refractivity contribution >= 4 is 23.5 Å². The maximum atomic E-state index is 13.2. The van der Waals surface area contributed by atoms with E-state index in [1.54, 1.807) is 18.4 Å². The van der Waals surface area contributed by atoms with Crippen LogP contribution in [0.1, 0.15) is 16.7 Å². The van der Waals surface area contributed by atoms with E-state index in [0.29, 0.717) is 24.1 Å². The highest BCUT2D eigenvalue weighted by molar-refractivity contribution is 6.07. The molecule has 2 aromatic carbocycles. The fourth-order valence-corrected chi connectivity index (χ4v) is 4.09. The van der Waals surface area contributed by atoms with E-state index in [2.05, 4.69) is 10.6 Å². The van der Waals surface area contributed by atoms with Crippen molar-refractivity contribution in [3.05, 3.63) is 64.7 Å². The Bertz CT molecular complexity index is 1040. The van der Waals surface area contributed by atoms with Crippen LogP contribution in [-0.4, -0.2) is 41.9 Å². The molecule has 0 bridgehead atoms. The molecular weight excluding hydrogens is 430 g/mol. The molecule has 1 aliphatic carbocycles. The van der Waals surface area contributed by atoms with Crippen molar-refractivity contribution in [2.75, 3.05) is 18.9 Å². The highest BCUT2D eigenvalue weighted by Gasteiger charge is 2.54. The van der Waals surface area contributed by atoms with Gasteiger partial charge in [0.2, 0.25) is 0 Å². The summed E-state index contributed by atoms with van der Waals surface area (Å²) in [6.45, 7) is 0.350. The highest BCUT2D eigenvalue weighted by Crippen LogP contribution is 2.38. The Balaban J connectivity index is 0.00000272. The van der Waals surface area contributed by atoms with Gasteiger partial charge in [0.05, 0.1) is 0 Å². The zero-order valence-corrected chi connectivity index (χ0v) is 17.4. The van der Waals surface area contributed by atoms with Crippen LogP contribution in [0.15, 0.2) is 36.4 Å². The average Bonchev–Trinajstić information content (AvgIpc) is 3.14. The van der Waals surface area contributed by atoms with Crippen LogP contribution >= 0.6 is 0 Å². The summed E-state index contributed by atoms with van der Waals surface area (Å²) in [6.07, 6.45) is 0.819. The number of benzene rings is 2. The molecule has 10 heteroatoms. The van der Waals surface area contributed by atoms with E-state index in [0.717, 1.165) is 17.2 Å². The van der Waals surface area contributed by atoms with Crippen molar-refractivity contribution in [1.29, 1.82) is 0 Å². The van der Waals surface area contributed by atoms with Crippen molar-refractivity contribution in [2.45, 2.75) is 24.9 Å². The molecule has 164 valence electrons. The number of carbonyl (C=O) groups is 3. The first kappa shape index (κ1) is 22.6. The van der Waals surface area contributed by atoms with Gasteiger partial charge >= 0.3 is 6.03 Å². The number of hydrogen-bond acceptors (Lipinski definition) is 3. The van der Waals surface area contributed by atoms with Gasteiger partial charge in [-0.25, -0.2) is 13.6 Å². The minimum absolute atomic E-state index is 0. The molecule has 1 fully saturated rings. The molecule has 1 atom stereocenters. The third kappa shape index (κ3) is 4.38. The van der Waals surface area contributed by atoms with Crippen LogP contribution in [0.4, 0.5) is 19.3 Å². The van der Waals surface area contributed by atoms with Crippen LogP contribution in [-0.2, 0) is 29.0 Å². The number of nitrogens with two attached hydrogens (primary N) is 1. The number of fused-ring (bicyclic) bond motifs is 1. The van der Waals surface area contributed by atoms with Crippen LogP contribution in [0.3, 0.4) is 0 Å². The van der Waals surface area contributed by atoms with Gasteiger partial charge in [-0.2, -0.15) is 0 Å². The lowest BCUT2D eigenvalue weighted by Crippen LogP contribution is -3.00. The molecule has 4 rings (SSSR count). The third-order valence-corrected chi connectivity index (χ3v) is 5.68. The van der Waals surface area contributed by atoms with E-state index < -0.39 is 23.2 Å². The fraction of sp³-hybridized carbons (Fsp3) is 0.286. The molecule has 1 saturated heterocycles. The van der Waals surface area contributed by atoms with Crippen LogP contribution < -0.4 is 28.4 Å². The predicted molar refractivity (Wildman–Crippen MR) is 103 cm³/mol. The molecule has 0 aromatic heterocycles. The number of urea groups is 1. The molecule has 0 unspecified atom stereocenters. The number of anilines is 1. The molecule has 2 aromatic rings. The Morgan fingerprint density at radius 3 is 2.45 bits per heavy atom. The van der Waals surface area contributed by atoms with Crippen LogP contribution in [0, 0.1) is 11.6 Å². The topological polar surface area (TPSA) is 95.1 Å². The minimum Gasteiger partial charge on any atom is -1.00 e. The van der Waals surface area contributed by atoms with E-state index in [1.807, 2.05) is 12.1 Å². The van der Waals surface area contributed by atoms with Crippen LogP contribution in [0.5, 0.6) is 0 Å². The Kier molecular flexibility index (Phi) is 6.28. The Hall–Kier alpha value is -3.04. The Labute approximate surface area is 183 Å². The maximum absolute atomic E-state index is 13.2. The van der Waals surface area contributed by atoms with Crippen molar-refractivity contribution in [3.63, 3.8) is 0 Å². The lowest BCUT2D eigenvalue weighted by molar-refractivity contribution is -0.659. The summed E-state index contributed by atoms with van der Waals surface area (Å²) in [7, 11) is 1.61. The van der Waals surface area contributed by atoms with Gasteiger partial charge in [0, 0.05) is 37.2 Å². The van der Waals surface area contributed by atoms with Crippen molar-refractivity contribution in [1.82, 2.24) is 10.2 Å².